The van der Waals surface area contributed by atoms with Crippen LogP contribution in [0.1, 0.15) is 18.4 Å². The van der Waals surface area contributed by atoms with Crippen LogP contribution in [0.5, 0.6) is 0 Å². The third-order valence-electron chi connectivity index (χ3n) is 3.29. The van der Waals surface area contributed by atoms with Crippen molar-refractivity contribution in [1.29, 1.82) is 0 Å². The van der Waals surface area contributed by atoms with Crippen LogP contribution >= 0.6 is 15.9 Å². The minimum absolute atomic E-state index is 1.15. The van der Waals surface area contributed by atoms with E-state index in [9.17, 15) is 0 Å². The molecule has 0 atom stereocenters. The smallest absolute Gasteiger partial charge is 0.0175 e. The number of halogens is 1. The molecule has 1 aromatic rings. The monoisotopic (exact) mass is 296 g/mol. The molecule has 0 amide bonds. The molecule has 94 valence electrons. The first kappa shape index (κ1) is 13.1. The molecule has 1 N–H and O–H groups in total. The molecular formula is C14H21BrN2. The molecule has 2 nitrogen and oxygen atoms in total. The normalized spacial score (nSPS) is 17.9. The first-order chi connectivity index (χ1) is 8.34. The van der Waals surface area contributed by atoms with Gasteiger partial charge in [-0.15, -0.1) is 0 Å². The van der Waals surface area contributed by atoms with Gasteiger partial charge in [0.1, 0.15) is 0 Å². The van der Waals surface area contributed by atoms with Crippen LogP contribution in [0.25, 0.3) is 0 Å². The summed E-state index contributed by atoms with van der Waals surface area (Å²) in [5.41, 5.74) is 1.45. The number of rotatable bonds is 4. The van der Waals surface area contributed by atoms with E-state index in [0.29, 0.717) is 0 Å². The van der Waals surface area contributed by atoms with Crippen molar-refractivity contribution in [2.24, 2.45) is 0 Å². The van der Waals surface area contributed by atoms with Gasteiger partial charge in [-0.2, -0.15) is 0 Å². The molecule has 0 aromatic heterocycles. The van der Waals surface area contributed by atoms with E-state index in [4.69, 9.17) is 0 Å². The van der Waals surface area contributed by atoms with E-state index in [1.165, 1.54) is 55.5 Å². The van der Waals surface area contributed by atoms with Gasteiger partial charge in [0.05, 0.1) is 0 Å². The number of hydrogen-bond acceptors (Lipinski definition) is 2. The topological polar surface area (TPSA) is 15.3 Å². The molecule has 2 rings (SSSR count). The van der Waals surface area contributed by atoms with Crippen molar-refractivity contribution in [3.8, 4) is 0 Å². The molecule has 0 spiro atoms. The SMILES string of the molecule is Brc1ccc(CCCN2CCCNCC2)cc1. The Bertz CT molecular complexity index is 315. The second kappa shape index (κ2) is 7.14. The van der Waals surface area contributed by atoms with Crippen molar-refractivity contribution in [2.75, 3.05) is 32.7 Å². The molecule has 0 aliphatic carbocycles. The summed E-state index contributed by atoms with van der Waals surface area (Å²) in [5.74, 6) is 0. The molecule has 0 saturated carbocycles. The Morgan fingerprint density at radius 2 is 1.94 bits per heavy atom. The zero-order valence-electron chi connectivity index (χ0n) is 10.3. The van der Waals surface area contributed by atoms with E-state index in [1.807, 2.05) is 0 Å². The largest absolute Gasteiger partial charge is 0.315 e. The van der Waals surface area contributed by atoms with E-state index in [-0.39, 0.29) is 0 Å². The van der Waals surface area contributed by atoms with Crippen LogP contribution in [0.3, 0.4) is 0 Å². The van der Waals surface area contributed by atoms with Crippen LogP contribution in [0.2, 0.25) is 0 Å². The van der Waals surface area contributed by atoms with Gasteiger partial charge in [0.25, 0.3) is 0 Å². The van der Waals surface area contributed by atoms with Crippen LogP contribution in [0.4, 0.5) is 0 Å². The number of benzene rings is 1. The van der Waals surface area contributed by atoms with Gasteiger partial charge in [0.2, 0.25) is 0 Å². The first-order valence-corrected chi connectivity index (χ1v) is 7.31. The summed E-state index contributed by atoms with van der Waals surface area (Å²) < 4.78 is 1.17. The summed E-state index contributed by atoms with van der Waals surface area (Å²) in [6, 6.07) is 8.69. The summed E-state index contributed by atoms with van der Waals surface area (Å²) in [4.78, 5) is 2.58. The van der Waals surface area contributed by atoms with Crippen molar-refractivity contribution in [3.63, 3.8) is 0 Å². The van der Waals surface area contributed by atoms with Crippen LogP contribution < -0.4 is 5.32 Å². The average Bonchev–Trinajstić information content (AvgIpc) is 2.60. The van der Waals surface area contributed by atoms with Gasteiger partial charge in [-0.1, -0.05) is 28.1 Å². The maximum atomic E-state index is 3.47. The predicted molar refractivity (Wildman–Crippen MR) is 76.4 cm³/mol. The maximum absolute atomic E-state index is 3.47. The van der Waals surface area contributed by atoms with Gasteiger partial charge in [-0.05, 0) is 56.6 Å². The molecule has 0 bridgehead atoms. The zero-order chi connectivity index (χ0) is 11.9. The van der Waals surface area contributed by atoms with Crippen LogP contribution in [-0.4, -0.2) is 37.6 Å². The Labute approximate surface area is 113 Å². The summed E-state index contributed by atoms with van der Waals surface area (Å²) in [5, 5.41) is 3.44. The van der Waals surface area contributed by atoms with Gasteiger partial charge < -0.3 is 10.2 Å². The van der Waals surface area contributed by atoms with Crippen molar-refractivity contribution in [1.82, 2.24) is 10.2 Å². The quantitative estimate of drug-likeness (QED) is 0.919. The highest BCUT2D eigenvalue weighted by Crippen LogP contribution is 2.12. The van der Waals surface area contributed by atoms with E-state index in [0.717, 1.165) is 6.54 Å². The Kier molecular flexibility index (Phi) is 5.49. The Hall–Kier alpha value is -0.380. The first-order valence-electron chi connectivity index (χ1n) is 6.52. The molecule has 3 heteroatoms. The average molecular weight is 297 g/mol. The fraction of sp³-hybridized carbons (Fsp3) is 0.571. The van der Waals surface area contributed by atoms with Crippen LogP contribution in [0, 0.1) is 0 Å². The van der Waals surface area contributed by atoms with Crippen molar-refractivity contribution in [2.45, 2.75) is 19.3 Å². The summed E-state index contributed by atoms with van der Waals surface area (Å²) in [6.07, 6.45) is 3.75. The number of aryl methyl sites for hydroxylation is 1. The highest BCUT2D eigenvalue weighted by atomic mass is 79.9. The second-order valence-electron chi connectivity index (χ2n) is 4.68. The van der Waals surface area contributed by atoms with Gasteiger partial charge in [-0.25, -0.2) is 0 Å². The molecule has 0 radical (unpaired) electrons. The van der Waals surface area contributed by atoms with Crippen LogP contribution in [-0.2, 0) is 6.42 Å². The third kappa shape index (κ3) is 4.78. The van der Waals surface area contributed by atoms with Gasteiger partial charge in [-0.3, -0.25) is 0 Å². The summed E-state index contributed by atoms with van der Waals surface area (Å²) >= 11 is 3.47. The van der Waals surface area contributed by atoms with E-state index >= 15 is 0 Å². The van der Waals surface area contributed by atoms with Crippen molar-refractivity contribution >= 4 is 15.9 Å². The van der Waals surface area contributed by atoms with Gasteiger partial charge in [0, 0.05) is 17.6 Å². The molecule has 1 aromatic carbocycles. The summed E-state index contributed by atoms with van der Waals surface area (Å²) in [7, 11) is 0. The highest BCUT2D eigenvalue weighted by Gasteiger charge is 2.07. The number of nitrogens with one attached hydrogen (secondary N) is 1. The van der Waals surface area contributed by atoms with Gasteiger partial charge >= 0.3 is 0 Å². The van der Waals surface area contributed by atoms with Crippen molar-refractivity contribution in [3.05, 3.63) is 34.3 Å². The fourth-order valence-corrected chi connectivity index (χ4v) is 2.55. The molecule has 1 aliphatic rings. The minimum Gasteiger partial charge on any atom is -0.315 e. The Morgan fingerprint density at radius 3 is 2.76 bits per heavy atom. The van der Waals surface area contributed by atoms with Crippen molar-refractivity contribution < 1.29 is 0 Å². The zero-order valence-corrected chi connectivity index (χ0v) is 11.9. The molecule has 1 heterocycles. The van der Waals surface area contributed by atoms with E-state index < -0.39 is 0 Å². The lowest BCUT2D eigenvalue weighted by Gasteiger charge is -2.19. The Morgan fingerprint density at radius 1 is 1.12 bits per heavy atom. The number of nitrogens with zero attached hydrogens (tertiary/aromatic N) is 1. The Balaban J connectivity index is 1.69. The molecule has 1 saturated heterocycles. The maximum Gasteiger partial charge on any atom is 0.0175 e. The lowest BCUT2D eigenvalue weighted by molar-refractivity contribution is 0.289. The van der Waals surface area contributed by atoms with Crippen LogP contribution in [0.15, 0.2) is 28.7 Å². The molecule has 1 aliphatic heterocycles. The highest BCUT2D eigenvalue weighted by molar-refractivity contribution is 9.10. The molecule has 1 fully saturated rings. The molecular weight excluding hydrogens is 276 g/mol. The molecule has 17 heavy (non-hydrogen) atoms. The second-order valence-corrected chi connectivity index (χ2v) is 5.59. The number of hydrogen-bond donors (Lipinski definition) is 1. The van der Waals surface area contributed by atoms with Gasteiger partial charge in [0.15, 0.2) is 0 Å². The lowest BCUT2D eigenvalue weighted by atomic mass is 10.1. The summed E-state index contributed by atoms with van der Waals surface area (Å²) in [6.45, 7) is 6.03. The van der Waals surface area contributed by atoms with E-state index in [2.05, 4.69) is 50.4 Å². The minimum atomic E-state index is 1.15. The standard InChI is InChI=1S/C14H21BrN2/c15-14-6-4-13(5-7-14)3-1-10-17-11-2-8-16-9-12-17/h4-7,16H,1-3,8-12H2. The fourth-order valence-electron chi connectivity index (χ4n) is 2.28. The molecule has 0 unspecified atom stereocenters. The van der Waals surface area contributed by atoms with E-state index in [1.54, 1.807) is 0 Å². The predicted octanol–water partition coefficient (Wildman–Crippen LogP) is 2.68. The third-order valence-corrected chi connectivity index (χ3v) is 3.81. The lowest BCUT2D eigenvalue weighted by Crippen LogP contribution is -2.29.